The summed E-state index contributed by atoms with van der Waals surface area (Å²) in [5.41, 5.74) is 2.97. The van der Waals surface area contributed by atoms with Gasteiger partial charge in [-0.3, -0.25) is 10.7 Å². The van der Waals surface area contributed by atoms with Crippen LogP contribution in [0, 0.1) is 11.3 Å². The average Bonchev–Trinajstić information content (AvgIpc) is 2.98. The van der Waals surface area contributed by atoms with Crippen molar-refractivity contribution in [3.05, 3.63) is 83.9 Å². The van der Waals surface area contributed by atoms with Gasteiger partial charge in [-0.25, -0.2) is 23.1 Å². The molecule has 44 heavy (non-hydrogen) atoms. The highest BCUT2D eigenvalue weighted by Crippen LogP contribution is 2.27. The molecule has 3 amide bonds. The number of nitrogens with zero attached hydrogens (tertiary/aromatic N) is 2. The number of hydrogen-bond acceptors (Lipinski definition) is 7. The average molecular weight is 621 g/mol. The monoisotopic (exact) mass is 620 g/mol. The first-order valence-corrected chi connectivity index (χ1v) is 16.1. The molecule has 0 spiro atoms. The van der Waals surface area contributed by atoms with E-state index in [1.165, 1.54) is 6.07 Å². The third-order valence-electron chi connectivity index (χ3n) is 7.27. The highest BCUT2D eigenvalue weighted by molar-refractivity contribution is 7.89. The number of likely N-dealkylation sites (tertiary alicyclic amines) is 1. The molecule has 0 radical (unpaired) electrons. The van der Waals surface area contributed by atoms with Gasteiger partial charge in [-0.2, -0.15) is 0 Å². The topological polar surface area (TPSA) is 158 Å². The summed E-state index contributed by atoms with van der Waals surface area (Å²) in [4.78, 5) is 29.7. The fourth-order valence-electron chi connectivity index (χ4n) is 5.05. The van der Waals surface area contributed by atoms with Gasteiger partial charge in [0.25, 0.3) is 0 Å². The number of carbonyl (C=O) groups is 2. The Hall–Kier alpha value is -4.26. The number of primary sulfonamides is 1. The number of sulfonamides is 1. The molecule has 1 aliphatic heterocycles. The highest BCUT2D eigenvalue weighted by Gasteiger charge is 2.22. The number of alkyl carbamates (subject to hydrolysis) is 1. The number of nitrogens with one attached hydrogen (secondary N) is 3. The normalized spacial score (nSPS) is 14.2. The van der Waals surface area contributed by atoms with Gasteiger partial charge < -0.3 is 19.9 Å². The molecule has 0 unspecified atom stereocenters. The fraction of sp³-hybridized carbons (Fsp3) is 0.344. The molecule has 12 heteroatoms. The maximum absolute atomic E-state index is 13.4. The van der Waals surface area contributed by atoms with Crippen molar-refractivity contribution in [2.45, 2.75) is 44.2 Å². The number of amides is 3. The van der Waals surface area contributed by atoms with Crippen LogP contribution in [0.25, 0.3) is 11.1 Å². The largest absolute Gasteiger partial charge is 0.446 e. The second-order valence-corrected chi connectivity index (χ2v) is 13.0. The third kappa shape index (κ3) is 9.12. The van der Waals surface area contributed by atoms with Crippen LogP contribution in [0.4, 0.5) is 15.3 Å². The molecule has 1 heterocycles. The lowest BCUT2D eigenvalue weighted by atomic mass is 10.1. The van der Waals surface area contributed by atoms with Crippen molar-refractivity contribution in [1.82, 2.24) is 15.1 Å². The predicted molar refractivity (Wildman–Crippen MR) is 171 cm³/mol. The Kier molecular flexibility index (Phi) is 10.7. The molecule has 11 nitrogen and oxygen atoms in total. The van der Waals surface area contributed by atoms with E-state index in [1.807, 2.05) is 27.0 Å². The van der Waals surface area contributed by atoms with Crippen LogP contribution in [0.2, 0.25) is 0 Å². The number of nitrogens with two attached hydrogens (primary N) is 1. The van der Waals surface area contributed by atoms with Crippen molar-refractivity contribution in [3.63, 3.8) is 0 Å². The Balaban J connectivity index is 1.40. The summed E-state index contributed by atoms with van der Waals surface area (Å²) in [6, 6.07) is 20.2. The van der Waals surface area contributed by atoms with Crippen molar-refractivity contribution in [2.75, 3.05) is 32.0 Å². The van der Waals surface area contributed by atoms with Crippen LogP contribution in [0.5, 0.6) is 0 Å². The van der Waals surface area contributed by atoms with Gasteiger partial charge in [0.2, 0.25) is 10.0 Å². The minimum atomic E-state index is -3.90. The number of ether oxygens (including phenoxy) is 1. The number of urea groups is 1. The molecule has 234 valence electrons. The van der Waals surface area contributed by atoms with Gasteiger partial charge in [0.05, 0.1) is 4.90 Å². The number of carbonyl (C=O) groups excluding carboxylic acids is 2. The van der Waals surface area contributed by atoms with Crippen LogP contribution >= 0.6 is 0 Å². The molecule has 1 fully saturated rings. The van der Waals surface area contributed by atoms with Crippen molar-refractivity contribution in [1.29, 1.82) is 5.41 Å². The van der Waals surface area contributed by atoms with Crippen LogP contribution in [0.1, 0.15) is 37.8 Å². The van der Waals surface area contributed by atoms with Gasteiger partial charge in [0, 0.05) is 43.0 Å². The standard InChI is InChI=1S/C32H40N6O5S/c1-22(2)20-38(31(39)35-26-13-11-24(12-14-26)28-9-4-5-10-29(28)44(34,41)42)21-23-7-6-8-25(19-23)30(33)36-32(40)43-27-15-17-37(3)18-16-27/h4-14,19,22,27H,15-18,20-21H2,1-3H3,(H,35,39)(H2,33,36,40)(H2,34,41,42). The summed E-state index contributed by atoms with van der Waals surface area (Å²) in [6.45, 7) is 6.52. The van der Waals surface area contributed by atoms with E-state index in [1.54, 1.807) is 65.6 Å². The molecule has 0 aliphatic carbocycles. The Morgan fingerprint density at radius 3 is 2.39 bits per heavy atom. The van der Waals surface area contributed by atoms with Gasteiger partial charge in [0.1, 0.15) is 11.9 Å². The Labute approximate surface area is 258 Å². The Morgan fingerprint density at radius 2 is 1.73 bits per heavy atom. The van der Waals surface area contributed by atoms with Gasteiger partial charge >= 0.3 is 12.1 Å². The summed E-state index contributed by atoms with van der Waals surface area (Å²) >= 11 is 0. The summed E-state index contributed by atoms with van der Waals surface area (Å²) < 4.78 is 29.5. The zero-order valence-electron chi connectivity index (χ0n) is 25.2. The van der Waals surface area contributed by atoms with Crippen molar-refractivity contribution in [3.8, 4) is 11.1 Å². The molecule has 1 saturated heterocycles. The number of rotatable bonds is 9. The molecular weight excluding hydrogens is 580 g/mol. The maximum Gasteiger partial charge on any atom is 0.413 e. The number of benzene rings is 3. The van der Waals surface area contributed by atoms with Crippen LogP contribution in [0.15, 0.2) is 77.7 Å². The predicted octanol–water partition coefficient (Wildman–Crippen LogP) is 4.84. The van der Waals surface area contributed by atoms with E-state index in [9.17, 15) is 18.0 Å². The summed E-state index contributed by atoms with van der Waals surface area (Å²) in [6.07, 6.45) is 0.714. The number of anilines is 1. The SMILES string of the molecule is CC(C)CN(Cc1cccc(C(=N)NC(=O)OC2CCN(C)CC2)c1)C(=O)Nc1ccc(-c2ccccc2S(N)(=O)=O)cc1. The fourth-order valence-corrected chi connectivity index (χ4v) is 5.81. The van der Waals surface area contributed by atoms with Gasteiger partial charge in [-0.15, -0.1) is 0 Å². The van der Waals surface area contributed by atoms with Gasteiger partial charge in [-0.05, 0) is 61.2 Å². The minimum Gasteiger partial charge on any atom is -0.446 e. The molecule has 1 aliphatic rings. The lowest BCUT2D eigenvalue weighted by Gasteiger charge is -2.28. The van der Waals surface area contributed by atoms with E-state index in [2.05, 4.69) is 15.5 Å². The molecule has 0 bridgehead atoms. The first-order valence-electron chi connectivity index (χ1n) is 14.5. The maximum atomic E-state index is 13.4. The van der Waals surface area contributed by atoms with Crippen LogP contribution in [-0.2, 0) is 21.3 Å². The van der Waals surface area contributed by atoms with E-state index >= 15 is 0 Å². The van der Waals surface area contributed by atoms with E-state index < -0.39 is 16.1 Å². The van der Waals surface area contributed by atoms with Crippen molar-refractivity contribution >= 4 is 33.7 Å². The van der Waals surface area contributed by atoms with E-state index in [0.717, 1.165) is 31.5 Å². The highest BCUT2D eigenvalue weighted by atomic mass is 32.2. The Bertz CT molecular complexity index is 1580. The second-order valence-electron chi connectivity index (χ2n) is 11.4. The van der Waals surface area contributed by atoms with Gasteiger partial charge in [0.15, 0.2) is 0 Å². The number of amidine groups is 1. The molecule has 4 rings (SSSR count). The summed E-state index contributed by atoms with van der Waals surface area (Å²) in [5, 5.41) is 19.2. The number of piperidine rings is 1. The van der Waals surface area contributed by atoms with Crippen molar-refractivity contribution in [2.24, 2.45) is 11.1 Å². The Morgan fingerprint density at radius 1 is 1.05 bits per heavy atom. The van der Waals surface area contributed by atoms with E-state index in [0.29, 0.717) is 28.9 Å². The molecular formula is C32H40N6O5S. The molecule has 0 atom stereocenters. The summed E-state index contributed by atoms with van der Waals surface area (Å²) in [7, 11) is -1.87. The molecule has 0 saturated carbocycles. The quantitative estimate of drug-likeness (QED) is 0.198. The zero-order chi connectivity index (χ0) is 31.9. The van der Waals surface area contributed by atoms with Crippen LogP contribution in [0.3, 0.4) is 0 Å². The minimum absolute atomic E-state index is 0.0274. The first kappa shape index (κ1) is 32.6. The zero-order valence-corrected chi connectivity index (χ0v) is 26.1. The first-order chi connectivity index (χ1) is 20.9. The summed E-state index contributed by atoms with van der Waals surface area (Å²) in [5.74, 6) is 0.115. The smallest absolute Gasteiger partial charge is 0.413 e. The molecule has 0 aromatic heterocycles. The van der Waals surface area contributed by atoms with Crippen LogP contribution < -0.4 is 15.8 Å². The molecule has 3 aromatic rings. The van der Waals surface area contributed by atoms with E-state index in [4.69, 9.17) is 15.3 Å². The lowest BCUT2D eigenvalue weighted by molar-refractivity contribution is 0.0602. The molecule has 3 aromatic carbocycles. The third-order valence-corrected chi connectivity index (χ3v) is 8.24. The molecule has 5 N–H and O–H groups in total. The van der Waals surface area contributed by atoms with Crippen LogP contribution in [-0.4, -0.2) is 69.0 Å². The van der Waals surface area contributed by atoms with E-state index in [-0.39, 0.29) is 35.3 Å². The number of hydrogen-bond donors (Lipinski definition) is 4. The second kappa shape index (κ2) is 14.5. The van der Waals surface area contributed by atoms with Crippen molar-refractivity contribution < 1.29 is 22.7 Å². The van der Waals surface area contributed by atoms with Gasteiger partial charge in [-0.1, -0.05) is 62.4 Å². The lowest BCUT2D eigenvalue weighted by Crippen LogP contribution is -2.39.